The Morgan fingerprint density at radius 2 is 2.19 bits per heavy atom. The largest absolute Gasteiger partial charge is 0.342 e. The number of likely N-dealkylation sites (tertiary alicyclic amines) is 1. The fraction of sp³-hybridized carbons (Fsp3) is 0.250. The van der Waals surface area contributed by atoms with Crippen LogP contribution >= 0.6 is 11.3 Å². The molecule has 1 aromatic carbocycles. The highest BCUT2D eigenvalue weighted by atomic mass is 32.1. The van der Waals surface area contributed by atoms with E-state index in [0.717, 1.165) is 23.4 Å². The first-order valence-electron chi connectivity index (χ1n) is 7.04. The summed E-state index contributed by atoms with van der Waals surface area (Å²) >= 11 is 1.70. The maximum absolute atomic E-state index is 12.2. The van der Waals surface area contributed by atoms with Gasteiger partial charge in [-0.05, 0) is 23.6 Å². The Morgan fingerprint density at radius 1 is 1.29 bits per heavy atom. The number of benzene rings is 1. The van der Waals surface area contributed by atoms with E-state index in [1.54, 1.807) is 11.3 Å². The van der Waals surface area contributed by atoms with Gasteiger partial charge in [-0.25, -0.2) is 4.98 Å². The highest BCUT2D eigenvalue weighted by Crippen LogP contribution is 2.29. The molecule has 0 radical (unpaired) electrons. The van der Waals surface area contributed by atoms with Crippen LogP contribution in [0, 0.1) is 0 Å². The first-order chi connectivity index (χ1) is 10.3. The highest BCUT2D eigenvalue weighted by Gasteiger charge is 2.32. The lowest BCUT2D eigenvalue weighted by Gasteiger charge is -2.14. The lowest BCUT2D eigenvalue weighted by Crippen LogP contribution is -2.23. The van der Waals surface area contributed by atoms with Crippen molar-refractivity contribution in [2.24, 2.45) is 0 Å². The number of carbonyl (C=O) groups is 1. The number of nitrogens with one attached hydrogen (secondary N) is 1. The van der Waals surface area contributed by atoms with Crippen LogP contribution in [0.1, 0.15) is 23.0 Å². The molecule has 3 aromatic rings. The number of rotatable bonds is 3. The van der Waals surface area contributed by atoms with Crippen LogP contribution in [-0.2, 0) is 11.3 Å². The first kappa shape index (κ1) is 12.6. The van der Waals surface area contributed by atoms with Gasteiger partial charge in [-0.3, -0.25) is 4.79 Å². The van der Waals surface area contributed by atoms with Gasteiger partial charge in [-0.1, -0.05) is 18.2 Å². The molecule has 1 aliphatic heterocycles. The quantitative estimate of drug-likeness (QED) is 0.807. The normalized spacial score (nSPS) is 18.8. The van der Waals surface area contributed by atoms with Gasteiger partial charge < -0.3 is 9.88 Å². The van der Waals surface area contributed by atoms with Crippen LogP contribution in [0.2, 0.25) is 0 Å². The Balaban J connectivity index is 1.55. The molecule has 1 fully saturated rings. The predicted molar refractivity (Wildman–Crippen MR) is 83.2 cm³/mol. The lowest BCUT2D eigenvalue weighted by molar-refractivity contribution is -0.128. The molecule has 4 rings (SSSR count). The first-order valence-corrected chi connectivity index (χ1v) is 7.92. The molecule has 1 unspecified atom stereocenters. The summed E-state index contributed by atoms with van der Waals surface area (Å²) in [4.78, 5) is 23.3. The molecule has 0 aliphatic carbocycles. The average molecular weight is 297 g/mol. The molecule has 4 nitrogen and oxygen atoms in total. The smallest absolute Gasteiger partial charge is 0.223 e. The zero-order valence-electron chi connectivity index (χ0n) is 11.5. The number of fused-ring (bicyclic) bond motifs is 1. The summed E-state index contributed by atoms with van der Waals surface area (Å²) in [5, 5.41) is 2.05. The molecule has 2 aromatic heterocycles. The number of aromatic amines is 1. The van der Waals surface area contributed by atoms with E-state index < -0.39 is 0 Å². The molecule has 3 heterocycles. The third-order valence-corrected chi connectivity index (χ3v) is 4.80. The van der Waals surface area contributed by atoms with E-state index in [-0.39, 0.29) is 11.8 Å². The Labute approximate surface area is 126 Å². The van der Waals surface area contributed by atoms with Gasteiger partial charge in [0.2, 0.25) is 5.91 Å². The number of aromatic nitrogens is 2. The third kappa shape index (κ3) is 2.34. The van der Waals surface area contributed by atoms with Crippen LogP contribution in [0.15, 0.2) is 41.8 Å². The Kier molecular flexibility index (Phi) is 3.00. The summed E-state index contributed by atoms with van der Waals surface area (Å²) in [6.45, 7) is 1.46. The molecule has 5 heteroatoms. The van der Waals surface area contributed by atoms with Crippen LogP contribution in [0.5, 0.6) is 0 Å². The Morgan fingerprint density at radius 3 is 3.00 bits per heavy atom. The molecule has 21 heavy (non-hydrogen) atoms. The topological polar surface area (TPSA) is 49.0 Å². The van der Waals surface area contributed by atoms with Crippen molar-refractivity contribution in [3.05, 3.63) is 52.5 Å². The molecule has 1 amide bonds. The van der Waals surface area contributed by atoms with E-state index in [0.29, 0.717) is 13.0 Å². The van der Waals surface area contributed by atoms with Crippen molar-refractivity contribution in [2.75, 3.05) is 6.54 Å². The fourth-order valence-corrected chi connectivity index (χ4v) is 3.58. The zero-order valence-corrected chi connectivity index (χ0v) is 12.3. The average Bonchev–Trinajstić information content (AvgIpc) is 3.19. The zero-order chi connectivity index (χ0) is 14.2. The summed E-state index contributed by atoms with van der Waals surface area (Å²) in [6.07, 6.45) is 0.547. The highest BCUT2D eigenvalue weighted by molar-refractivity contribution is 7.09. The molecular weight excluding hydrogens is 282 g/mol. The number of carbonyl (C=O) groups excluding carboxylic acids is 1. The van der Waals surface area contributed by atoms with Gasteiger partial charge in [-0.15, -0.1) is 11.3 Å². The van der Waals surface area contributed by atoms with E-state index in [1.807, 2.05) is 40.6 Å². The summed E-state index contributed by atoms with van der Waals surface area (Å²) in [5.41, 5.74) is 2.01. The van der Waals surface area contributed by atoms with Gasteiger partial charge in [0.15, 0.2) is 0 Å². The van der Waals surface area contributed by atoms with E-state index >= 15 is 0 Å². The van der Waals surface area contributed by atoms with Gasteiger partial charge in [0.1, 0.15) is 5.82 Å². The number of hydrogen-bond donors (Lipinski definition) is 1. The van der Waals surface area contributed by atoms with Crippen LogP contribution < -0.4 is 0 Å². The fourth-order valence-electron chi connectivity index (χ4n) is 2.86. The molecule has 1 aliphatic rings. The number of imidazole rings is 1. The van der Waals surface area contributed by atoms with Crippen LogP contribution in [-0.4, -0.2) is 27.3 Å². The molecule has 1 saturated heterocycles. The number of hydrogen-bond acceptors (Lipinski definition) is 3. The number of para-hydroxylation sites is 2. The number of H-pyrrole nitrogens is 1. The second-order valence-electron chi connectivity index (χ2n) is 5.39. The minimum Gasteiger partial charge on any atom is -0.342 e. The molecule has 0 bridgehead atoms. The number of amides is 1. The third-order valence-electron chi connectivity index (χ3n) is 3.94. The number of nitrogens with zero attached hydrogens (tertiary/aromatic N) is 2. The Hall–Kier alpha value is -2.14. The van der Waals surface area contributed by atoms with Crippen LogP contribution in [0.25, 0.3) is 11.0 Å². The number of thiophene rings is 1. The molecule has 0 spiro atoms. The van der Waals surface area contributed by atoms with E-state index in [2.05, 4.69) is 16.0 Å². The van der Waals surface area contributed by atoms with Crippen molar-refractivity contribution in [3.63, 3.8) is 0 Å². The van der Waals surface area contributed by atoms with E-state index in [1.165, 1.54) is 4.88 Å². The van der Waals surface area contributed by atoms with Gasteiger partial charge >= 0.3 is 0 Å². The Bertz CT molecular complexity index is 745. The van der Waals surface area contributed by atoms with Crippen LogP contribution in [0.4, 0.5) is 0 Å². The van der Waals surface area contributed by atoms with E-state index in [4.69, 9.17) is 0 Å². The lowest BCUT2D eigenvalue weighted by atomic mass is 10.1. The summed E-state index contributed by atoms with van der Waals surface area (Å²) < 4.78 is 0. The van der Waals surface area contributed by atoms with Gasteiger partial charge in [0.05, 0.1) is 17.6 Å². The van der Waals surface area contributed by atoms with Crippen molar-refractivity contribution >= 4 is 28.3 Å². The summed E-state index contributed by atoms with van der Waals surface area (Å²) in [7, 11) is 0. The standard InChI is InChI=1S/C16H15N3OS/c20-15-8-11(9-19(15)10-12-4-3-7-21-12)16-17-13-5-1-2-6-14(13)18-16/h1-7,11H,8-10H2,(H,17,18). The van der Waals surface area contributed by atoms with Gasteiger partial charge in [-0.2, -0.15) is 0 Å². The maximum atomic E-state index is 12.2. The summed E-state index contributed by atoms with van der Waals surface area (Å²) in [5.74, 6) is 1.32. The molecule has 106 valence electrons. The maximum Gasteiger partial charge on any atom is 0.223 e. The molecule has 1 N–H and O–H groups in total. The van der Waals surface area contributed by atoms with Crippen molar-refractivity contribution in [1.82, 2.24) is 14.9 Å². The predicted octanol–water partition coefficient (Wildman–Crippen LogP) is 3.14. The van der Waals surface area contributed by atoms with Gasteiger partial charge in [0.25, 0.3) is 0 Å². The van der Waals surface area contributed by atoms with E-state index in [9.17, 15) is 4.79 Å². The second-order valence-corrected chi connectivity index (χ2v) is 6.43. The van der Waals surface area contributed by atoms with Crippen molar-refractivity contribution in [3.8, 4) is 0 Å². The molecule has 0 saturated carbocycles. The monoisotopic (exact) mass is 297 g/mol. The second kappa shape index (κ2) is 5.00. The SMILES string of the molecule is O=C1CC(c2nc3ccccc3[nH]2)CN1Cc1cccs1. The minimum atomic E-state index is 0.171. The molecular formula is C16H15N3OS. The van der Waals surface area contributed by atoms with Gasteiger partial charge in [0, 0.05) is 23.8 Å². The minimum absolute atomic E-state index is 0.171. The van der Waals surface area contributed by atoms with Crippen molar-refractivity contribution in [2.45, 2.75) is 18.9 Å². The summed E-state index contributed by atoms with van der Waals surface area (Å²) in [6, 6.07) is 12.1. The van der Waals surface area contributed by atoms with Crippen molar-refractivity contribution in [1.29, 1.82) is 0 Å². The van der Waals surface area contributed by atoms with Crippen molar-refractivity contribution < 1.29 is 4.79 Å². The molecule has 1 atom stereocenters. The van der Waals surface area contributed by atoms with Crippen LogP contribution in [0.3, 0.4) is 0 Å².